The lowest BCUT2D eigenvalue weighted by atomic mass is 9.96. The van der Waals surface area contributed by atoms with E-state index < -0.39 is 54.7 Å². The molecule has 1 saturated heterocycles. The van der Waals surface area contributed by atoms with Gasteiger partial charge in [0.25, 0.3) is 5.78 Å². The summed E-state index contributed by atoms with van der Waals surface area (Å²) >= 11 is 0. The van der Waals surface area contributed by atoms with Crippen LogP contribution in [0.4, 0.5) is 32.2 Å². The second-order valence-electron chi connectivity index (χ2n) is 5.47. The third-order valence-corrected chi connectivity index (χ3v) is 3.90. The van der Waals surface area contributed by atoms with Crippen LogP contribution in [0.15, 0.2) is 12.4 Å². The highest BCUT2D eigenvalue weighted by molar-refractivity contribution is 5.72. The van der Waals surface area contributed by atoms with Gasteiger partial charge in [0.1, 0.15) is 12.1 Å². The van der Waals surface area contributed by atoms with E-state index in [1.54, 1.807) is 0 Å². The molecule has 0 spiro atoms. The second-order valence-corrected chi connectivity index (χ2v) is 5.47. The van der Waals surface area contributed by atoms with E-state index in [-0.39, 0.29) is 5.82 Å². The molecule has 1 aliphatic heterocycles. The molecule has 25 heavy (non-hydrogen) atoms. The number of anilines is 1. The number of carbonyl (C=O) groups is 1. The third-order valence-electron chi connectivity index (χ3n) is 3.90. The van der Waals surface area contributed by atoms with Gasteiger partial charge < -0.3 is 10.0 Å². The lowest BCUT2D eigenvalue weighted by Crippen LogP contribution is -2.33. The van der Waals surface area contributed by atoms with Crippen molar-refractivity contribution < 1.29 is 36.2 Å². The molecule has 2 atom stereocenters. The molecule has 2 aromatic heterocycles. The predicted octanol–water partition coefficient (Wildman–Crippen LogP) is 1.84. The summed E-state index contributed by atoms with van der Waals surface area (Å²) in [4.78, 5) is 18.8. The van der Waals surface area contributed by atoms with Gasteiger partial charge in [0.05, 0.1) is 11.8 Å². The number of fused-ring (bicyclic) bond motifs is 1. The van der Waals surface area contributed by atoms with Crippen LogP contribution in [0.25, 0.3) is 5.78 Å². The fourth-order valence-electron chi connectivity index (χ4n) is 2.74. The van der Waals surface area contributed by atoms with Crippen molar-refractivity contribution in [1.82, 2.24) is 19.6 Å². The van der Waals surface area contributed by atoms with Crippen LogP contribution in [0.5, 0.6) is 0 Å². The van der Waals surface area contributed by atoms with Crippen LogP contribution in [0, 0.1) is 11.8 Å². The second kappa shape index (κ2) is 5.46. The lowest BCUT2D eigenvalue weighted by molar-refractivity contribution is -0.187. The summed E-state index contributed by atoms with van der Waals surface area (Å²) in [5.41, 5.74) is -1.36. The molecular weight excluding hydrogens is 360 g/mol. The molecule has 0 aromatic carbocycles. The first kappa shape index (κ1) is 17.2. The predicted molar refractivity (Wildman–Crippen MR) is 68.7 cm³/mol. The number of halogens is 6. The summed E-state index contributed by atoms with van der Waals surface area (Å²) < 4.78 is 78.9. The molecule has 3 rings (SSSR count). The van der Waals surface area contributed by atoms with Gasteiger partial charge >= 0.3 is 18.3 Å². The van der Waals surface area contributed by atoms with Gasteiger partial charge in [-0.15, -0.1) is 0 Å². The smallest absolute Gasteiger partial charge is 0.433 e. The molecule has 0 saturated carbocycles. The van der Waals surface area contributed by atoms with E-state index in [2.05, 4.69) is 15.1 Å². The zero-order valence-corrected chi connectivity index (χ0v) is 12.1. The molecule has 0 amide bonds. The SMILES string of the molecule is O=C(O)[C@@H]1CN(c2cc(C(F)(F)F)nc3ncnn23)C[C@H]1C(F)(F)F. The van der Waals surface area contributed by atoms with E-state index in [0.29, 0.717) is 6.07 Å². The van der Waals surface area contributed by atoms with E-state index in [1.807, 2.05) is 0 Å². The number of carboxylic acid groups (broad SMARTS) is 1. The van der Waals surface area contributed by atoms with Crippen LogP contribution < -0.4 is 4.90 Å². The van der Waals surface area contributed by atoms with Gasteiger partial charge in [-0.05, 0) is 0 Å². The highest BCUT2D eigenvalue weighted by atomic mass is 19.4. The van der Waals surface area contributed by atoms with Gasteiger partial charge in [-0.2, -0.15) is 40.9 Å². The van der Waals surface area contributed by atoms with Crippen LogP contribution in [0.2, 0.25) is 0 Å². The third kappa shape index (κ3) is 3.05. The summed E-state index contributed by atoms with van der Waals surface area (Å²) in [6.07, 6.45) is -8.76. The average Bonchev–Trinajstić information content (AvgIpc) is 3.11. The van der Waals surface area contributed by atoms with E-state index in [4.69, 9.17) is 5.11 Å². The maximum absolute atomic E-state index is 13.1. The number of rotatable bonds is 2. The molecule has 2 aromatic rings. The van der Waals surface area contributed by atoms with Gasteiger partial charge in [-0.1, -0.05) is 0 Å². The number of hydrogen-bond acceptors (Lipinski definition) is 5. The standard InChI is InChI=1S/C12H9F6N5O2/c13-11(14,15)6-3-22(2-5(6)9(24)25)8-1-7(12(16,17)18)21-10-19-4-20-23(8)10/h1,4-6H,2-3H2,(H,24,25)/t5-,6-/m1/s1. The molecule has 7 nitrogen and oxygen atoms in total. The summed E-state index contributed by atoms with van der Waals surface area (Å²) in [7, 11) is 0. The molecule has 1 fully saturated rings. The highest BCUT2D eigenvalue weighted by Crippen LogP contribution is 2.40. The minimum Gasteiger partial charge on any atom is -0.481 e. The summed E-state index contributed by atoms with van der Waals surface area (Å²) in [6.45, 7) is -1.42. The van der Waals surface area contributed by atoms with E-state index in [1.165, 1.54) is 0 Å². The zero-order valence-electron chi connectivity index (χ0n) is 12.1. The first-order chi connectivity index (χ1) is 11.5. The Morgan fingerprint density at radius 3 is 2.40 bits per heavy atom. The van der Waals surface area contributed by atoms with Gasteiger partial charge in [0.2, 0.25) is 0 Å². The van der Waals surface area contributed by atoms with Crippen molar-refractivity contribution in [2.75, 3.05) is 18.0 Å². The topological polar surface area (TPSA) is 83.6 Å². The molecule has 0 aliphatic carbocycles. The summed E-state index contributed by atoms with van der Waals surface area (Å²) in [5.74, 6) is -6.50. The van der Waals surface area contributed by atoms with Gasteiger partial charge in [0, 0.05) is 19.2 Å². The maximum Gasteiger partial charge on any atom is 0.433 e. The molecule has 136 valence electrons. The van der Waals surface area contributed by atoms with E-state index >= 15 is 0 Å². The highest BCUT2D eigenvalue weighted by Gasteiger charge is 2.53. The molecule has 0 unspecified atom stereocenters. The number of carboxylic acids is 1. The minimum absolute atomic E-state index is 0.354. The number of hydrogen-bond donors (Lipinski definition) is 1. The van der Waals surface area contributed by atoms with Crippen LogP contribution in [-0.4, -0.2) is 49.9 Å². The summed E-state index contributed by atoms with van der Waals surface area (Å²) in [5, 5.41) is 12.7. The maximum atomic E-state index is 13.1. The number of aliphatic carboxylic acids is 1. The molecule has 3 heterocycles. The van der Waals surface area contributed by atoms with Crippen molar-refractivity contribution in [2.45, 2.75) is 12.4 Å². The Morgan fingerprint density at radius 2 is 1.88 bits per heavy atom. The molecule has 0 bridgehead atoms. The Bertz CT molecular complexity index is 816. The van der Waals surface area contributed by atoms with Gasteiger partial charge in [-0.3, -0.25) is 4.79 Å². The molecular formula is C12H9F6N5O2. The van der Waals surface area contributed by atoms with Crippen molar-refractivity contribution >= 4 is 17.6 Å². The quantitative estimate of drug-likeness (QED) is 0.814. The molecule has 1 N–H and O–H groups in total. The van der Waals surface area contributed by atoms with Crippen molar-refractivity contribution in [3.05, 3.63) is 18.1 Å². The Hall–Kier alpha value is -2.60. The van der Waals surface area contributed by atoms with E-state index in [9.17, 15) is 31.1 Å². The Kier molecular flexibility index (Phi) is 3.76. The first-order valence-electron chi connectivity index (χ1n) is 6.81. The first-order valence-corrected chi connectivity index (χ1v) is 6.81. The zero-order chi connectivity index (χ0) is 18.6. The van der Waals surface area contributed by atoms with Crippen LogP contribution >= 0.6 is 0 Å². The van der Waals surface area contributed by atoms with Gasteiger partial charge in [-0.25, -0.2) is 4.98 Å². The fraction of sp³-hybridized carbons (Fsp3) is 0.500. The Labute approximate surface area is 134 Å². The van der Waals surface area contributed by atoms with Crippen LogP contribution in [0.3, 0.4) is 0 Å². The van der Waals surface area contributed by atoms with Crippen LogP contribution in [0.1, 0.15) is 5.69 Å². The molecule has 13 heteroatoms. The van der Waals surface area contributed by atoms with Crippen LogP contribution in [-0.2, 0) is 11.0 Å². The number of aromatic nitrogens is 4. The number of alkyl halides is 6. The molecule has 1 aliphatic rings. The van der Waals surface area contributed by atoms with Crippen molar-refractivity contribution in [1.29, 1.82) is 0 Å². The van der Waals surface area contributed by atoms with Crippen molar-refractivity contribution in [3.8, 4) is 0 Å². The fourth-order valence-corrected chi connectivity index (χ4v) is 2.74. The Balaban J connectivity index is 2.07. The van der Waals surface area contributed by atoms with Crippen molar-refractivity contribution in [3.63, 3.8) is 0 Å². The average molecular weight is 369 g/mol. The van der Waals surface area contributed by atoms with Crippen molar-refractivity contribution in [2.24, 2.45) is 11.8 Å². The summed E-state index contributed by atoms with van der Waals surface area (Å²) in [6, 6.07) is 0.527. The lowest BCUT2D eigenvalue weighted by Gasteiger charge is -2.20. The monoisotopic (exact) mass is 369 g/mol. The minimum atomic E-state index is -4.85. The molecule has 0 radical (unpaired) electrons. The largest absolute Gasteiger partial charge is 0.481 e. The number of nitrogens with zero attached hydrogens (tertiary/aromatic N) is 5. The van der Waals surface area contributed by atoms with E-state index in [0.717, 1.165) is 15.7 Å². The normalized spacial score (nSPS) is 21.9. The van der Waals surface area contributed by atoms with Gasteiger partial charge in [0.15, 0.2) is 5.69 Å². The Morgan fingerprint density at radius 1 is 1.20 bits per heavy atom.